The Kier molecular flexibility index (Phi) is 3.73. The summed E-state index contributed by atoms with van der Waals surface area (Å²) in [5.74, 6) is -0.144. The summed E-state index contributed by atoms with van der Waals surface area (Å²) in [6.45, 7) is 6.45. The van der Waals surface area contributed by atoms with Crippen molar-refractivity contribution < 1.29 is 9.53 Å². The van der Waals surface area contributed by atoms with E-state index in [0.29, 0.717) is 0 Å². The van der Waals surface area contributed by atoms with E-state index >= 15 is 0 Å². The summed E-state index contributed by atoms with van der Waals surface area (Å²) in [4.78, 5) is 13.5. The van der Waals surface area contributed by atoms with Crippen LogP contribution in [0.4, 0.5) is 0 Å². The third kappa shape index (κ3) is 2.92. The van der Waals surface area contributed by atoms with Gasteiger partial charge in [0.2, 0.25) is 5.91 Å². The van der Waals surface area contributed by atoms with Crippen molar-refractivity contribution in [1.29, 1.82) is 0 Å². The van der Waals surface area contributed by atoms with Crippen molar-refractivity contribution in [2.24, 2.45) is 5.41 Å². The van der Waals surface area contributed by atoms with E-state index in [4.69, 9.17) is 10.5 Å². The first-order chi connectivity index (χ1) is 6.84. The van der Waals surface area contributed by atoms with E-state index in [0.717, 1.165) is 19.4 Å². The minimum Gasteiger partial charge on any atom is -0.358 e. The average molecular weight is 213 g/mol. The first-order valence-electron chi connectivity index (χ1n) is 5.43. The van der Waals surface area contributed by atoms with Gasteiger partial charge in [0.05, 0.1) is 0 Å². The van der Waals surface area contributed by atoms with Gasteiger partial charge in [0.25, 0.3) is 0 Å². The Morgan fingerprint density at radius 2 is 2.13 bits per heavy atom. The second-order valence-electron chi connectivity index (χ2n) is 5.22. The van der Waals surface area contributed by atoms with E-state index in [2.05, 4.69) is 0 Å². The van der Waals surface area contributed by atoms with Crippen LogP contribution in [0.15, 0.2) is 0 Å². The SMILES string of the molecule is CN(C(=O)C([NH])C(C)(C)C)C1CCCO1. The maximum absolute atomic E-state index is 11.9. The Morgan fingerprint density at radius 3 is 2.53 bits per heavy atom. The fourth-order valence-electron chi connectivity index (χ4n) is 1.58. The smallest absolute Gasteiger partial charge is 0.243 e. The van der Waals surface area contributed by atoms with Gasteiger partial charge >= 0.3 is 0 Å². The maximum Gasteiger partial charge on any atom is 0.243 e. The lowest BCUT2D eigenvalue weighted by Crippen LogP contribution is -2.48. The van der Waals surface area contributed by atoms with Crippen LogP contribution in [0.2, 0.25) is 0 Å². The van der Waals surface area contributed by atoms with E-state index in [1.807, 2.05) is 20.8 Å². The van der Waals surface area contributed by atoms with E-state index in [1.165, 1.54) is 0 Å². The van der Waals surface area contributed by atoms with Crippen molar-refractivity contribution in [2.75, 3.05) is 13.7 Å². The van der Waals surface area contributed by atoms with E-state index in [-0.39, 0.29) is 17.6 Å². The van der Waals surface area contributed by atoms with Crippen molar-refractivity contribution in [1.82, 2.24) is 10.6 Å². The van der Waals surface area contributed by atoms with Crippen LogP contribution in [0, 0.1) is 5.41 Å². The molecule has 1 radical (unpaired) electrons. The molecule has 0 aliphatic carbocycles. The second-order valence-corrected chi connectivity index (χ2v) is 5.22. The average Bonchev–Trinajstić information content (AvgIpc) is 2.65. The van der Waals surface area contributed by atoms with Crippen LogP contribution >= 0.6 is 0 Å². The Bertz CT molecular complexity index is 229. The molecule has 0 saturated carbocycles. The number of nitrogens with zero attached hydrogens (tertiary/aromatic N) is 1. The molecule has 1 fully saturated rings. The first-order valence-corrected chi connectivity index (χ1v) is 5.43. The van der Waals surface area contributed by atoms with Gasteiger partial charge in [0.15, 0.2) is 0 Å². The number of carbonyl (C=O) groups excluding carboxylic acids is 1. The van der Waals surface area contributed by atoms with Crippen LogP contribution in [0.3, 0.4) is 0 Å². The van der Waals surface area contributed by atoms with Gasteiger partial charge in [-0.25, -0.2) is 5.73 Å². The number of rotatable bonds is 2. The van der Waals surface area contributed by atoms with Gasteiger partial charge in [0.1, 0.15) is 12.3 Å². The summed E-state index contributed by atoms with van der Waals surface area (Å²) in [5.41, 5.74) is 7.56. The Hall–Kier alpha value is -0.610. The normalized spacial score (nSPS) is 23.9. The van der Waals surface area contributed by atoms with E-state index < -0.39 is 6.04 Å². The fourth-order valence-corrected chi connectivity index (χ4v) is 1.58. The highest BCUT2D eigenvalue weighted by molar-refractivity contribution is 5.82. The molecular formula is C11H21N2O2. The largest absolute Gasteiger partial charge is 0.358 e. The minimum absolute atomic E-state index is 0.118. The van der Waals surface area contributed by atoms with Gasteiger partial charge < -0.3 is 9.64 Å². The lowest BCUT2D eigenvalue weighted by Gasteiger charge is -2.31. The van der Waals surface area contributed by atoms with Crippen molar-refractivity contribution >= 4 is 5.91 Å². The van der Waals surface area contributed by atoms with Crippen LogP contribution < -0.4 is 5.73 Å². The molecular weight excluding hydrogens is 192 g/mol. The lowest BCUT2D eigenvalue weighted by molar-refractivity contribution is -0.143. The molecule has 1 saturated heterocycles. The summed E-state index contributed by atoms with van der Waals surface area (Å²) in [7, 11) is 1.73. The summed E-state index contributed by atoms with van der Waals surface area (Å²) in [6, 6.07) is -0.716. The molecule has 1 N–H and O–H groups in total. The zero-order valence-corrected chi connectivity index (χ0v) is 10.0. The first kappa shape index (κ1) is 12.5. The van der Waals surface area contributed by atoms with Gasteiger partial charge in [-0.1, -0.05) is 20.8 Å². The maximum atomic E-state index is 11.9. The number of nitrogens with one attached hydrogen (secondary N) is 1. The van der Waals surface area contributed by atoms with Crippen molar-refractivity contribution in [2.45, 2.75) is 45.9 Å². The highest BCUT2D eigenvalue weighted by Crippen LogP contribution is 2.22. The lowest BCUT2D eigenvalue weighted by atomic mass is 9.86. The standard InChI is InChI=1S/C11H21N2O2/c1-11(2,3)9(12)10(14)13(4)8-6-5-7-15-8/h8-9,12H,5-7H2,1-4H3. The van der Waals surface area contributed by atoms with Gasteiger partial charge in [0, 0.05) is 13.7 Å². The monoisotopic (exact) mass is 213 g/mol. The highest BCUT2D eigenvalue weighted by Gasteiger charge is 2.34. The Balaban J connectivity index is 2.59. The Morgan fingerprint density at radius 1 is 1.53 bits per heavy atom. The topological polar surface area (TPSA) is 53.3 Å². The Labute approximate surface area is 91.8 Å². The van der Waals surface area contributed by atoms with Crippen molar-refractivity contribution in [3.63, 3.8) is 0 Å². The number of amides is 1. The summed E-state index contributed by atoms with van der Waals surface area (Å²) in [5, 5.41) is 0. The zero-order chi connectivity index (χ0) is 11.6. The third-order valence-corrected chi connectivity index (χ3v) is 2.80. The molecule has 2 unspecified atom stereocenters. The second kappa shape index (κ2) is 4.49. The molecule has 1 aliphatic rings. The van der Waals surface area contributed by atoms with E-state index in [9.17, 15) is 4.79 Å². The molecule has 1 aliphatic heterocycles. The molecule has 4 heteroatoms. The molecule has 0 aromatic heterocycles. The summed E-state index contributed by atoms with van der Waals surface area (Å²) < 4.78 is 5.42. The molecule has 0 spiro atoms. The summed E-state index contributed by atoms with van der Waals surface area (Å²) >= 11 is 0. The van der Waals surface area contributed by atoms with Crippen molar-refractivity contribution in [3.05, 3.63) is 0 Å². The predicted molar refractivity (Wildman–Crippen MR) is 58.1 cm³/mol. The number of ether oxygens (including phenoxy) is 1. The van der Waals surface area contributed by atoms with Gasteiger partial charge in [-0.15, -0.1) is 0 Å². The molecule has 0 bridgehead atoms. The van der Waals surface area contributed by atoms with Crippen LogP contribution in [0.1, 0.15) is 33.6 Å². The van der Waals surface area contributed by atoms with Crippen LogP contribution in [-0.4, -0.2) is 36.7 Å². The van der Waals surface area contributed by atoms with E-state index in [1.54, 1.807) is 11.9 Å². The molecule has 4 nitrogen and oxygen atoms in total. The van der Waals surface area contributed by atoms with Gasteiger partial charge in [-0.3, -0.25) is 4.79 Å². The van der Waals surface area contributed by atoms with Crippen LogP contribution in [0.5, 0.6) is 0 Å². The molecule has 2 atom stereocenters. The molecule has 0 aromatic carbocycles. The number of likely N-dealkylation sites (N-methyl/N-ethyl adjacent to an activating group) is 1. The third-order valence-electron chi connectivity index (χ3n) is 2.80. The number of hydrogen-bond acceptors (Lipinski definition) is 2. The fraction of sp³-hybridized carbons (Fsp3) is 0.909. The molecule has 1 heterocycles. The molecule has 1 amide bonds. The molecule has 1 rings (SSSR count). The number of carbonyl (C=O) groups is 1. The van der Waals surface area contributed by atoms with Crippen LogP contribution in [0.25, 0.3) is 0 Å². The summed E-state index contributed by atoms with van der Waals surface area (Å²) in [6.07, 6.45) is 1.77. The van der Waals surface area contributed by atoms with Gasteiger partial charge in [-0.2, -0.15) is 0 Å². The van der Waals surface area contributed by atoms with Gasteiger partial charge in [-0.05, 0) is 18.3 Å². The van der Waals surface area contributed by atoms with Crippen LogP contribution in [-0.2, 0) is 9.53 Å². The highest BCUT2D eigenvalue weighted by atomic mass is 16.5. The quantitative estimate of drug-likeness (QED) is 0.693. The minimum atomic E-state index is -0.716. The molecule has 87 valence electrons. The van der Waals surface area contributed by atoms with Crippen molar-refractivity contribution in [3.8, 4) is 0 Å². The number of hydrogen-bond donors (Lipinski definition) is 0. The zero-order valence-electron chi connectivity index (χ0n) is 10.0. The molecule has 15 heavy (non-hydrogen) atoms. The predicted octanol–water partition coefficient (Wildman–Crippen LogP) is 1.28. The molecule has 0 aromatic rings.